The number of hydrogen-bond donors (Lipinski definition) is 0. The van der Waals surface area contributed by atoms with Gasteiger partial charge >= 0.3 is 0 Å². The molecule has 0 radical (unpaired) electrons. The summed E-state index contributed by atoms with van der Waals surface area (Å²) in [6.45, 7) is 12.1. The van der Waals surface area contributed by atoms with E-state index in [1.165, 1.54) is 89.9 Å². The molecular weight excluding hydrogens is 276 g/mol. The van der Waals surface area contributed by atoms with Crippen LogP contribution in [0.4, 0.5) is 0 Å². The van der Waals surface area contributed by atoms with Crippen LogP contribution in [0.15, 0.2) is 0 Å². The van der Waals surface area contributed by atoms with E-state index in [1.54, 1.807) is 0 Å². The van der Waals surface area contributed by atoms with Gasteiger partial charge in [-0.05, 0) is 48.9 Å². The monoisotopic (exact) mass is 322 g/mol. The van der Waals surface area contributed by atoms with Gasteiger partial charge in [0.15, 0.2) is 0 Å². The van der Waals surface area contributed by atoms with E-state index < -0.39 is 0 Å². The summed E-state index contributed by atoms with van der Waals surface area (Å²) in [4.78, 5) is 0. The van der Waals surface area contributed by atoms with Crippen LogP contribution in [0, 0.1) is 23.2 Å². The van der Waals surface area contributed by atoms with Gasteiger partial charge in [0.25, 0.3) is 0 Å². The first kappa shape index (κ1) is 21.0. The van der Waals surface area contributed by atoms with Gasteiger partial charge in [0.2, 0.25) is 0 Å². The fraction of sp³-hybridized carbons (Fsp3) is 1.00. The zero-order valence-corrected chi connectivity index (χ0v) is 17.1. The smallest absolute Gasteiger partial charge is 0.0290 e. The molecule has 0 aromatic carbocycles. The van der Waals surface area contributed by atoms with Gasteiger partial charge in [-0.2, -0.15) is 0 Å². The lowest BCUT2D eigenvalue weighted by molar-refractivity contribution is 0.0697. The van der Waals surface area contributed by atoms with Crippen molar-refractivity contribution >= 4 is 0 Å². The van der Waals surface area contributed by atoms with Gasteiger partial charge < -0.3 is 0 Å². The maximum Gasteiger partial charge on any atom is -0.0290 e. The first-order valence-electron chi connectivity index (χ1n) is 11.1. The van der Waals surface area contributed by atoms with Crippen molar-refractivity contribution in [2.45, 2.75) is 125 Å². The third-order valence-electron chi connectivity index (χ3n) is 6.72. The molecule has 1 rings (SSSR count). The zero-order valence-electron chi connectivity index (χ0n) is 17.1. The van der Waals surface area contributed by atoms with Crippen molar-refractivity contribution in [2.75, 3.05) is 0 Å². The average molecular weight is 323 g/mol. The average Bonchev–Trinajstić information content (AvgIpc) is 2.55. The highest BCUT2D eigenvalue weighted by molar-refractivity contribution is 4.89. The molecule has 1 aliphatic carbocycles. The number of hydrogen-bond acceptors (Lipinski definition) is 0. The topological polar surface area (TPSA) is 0 Å². The molecule has 0 aliphatic heterocycles. The fourth-order valence-corrected chi connectivity index (χ4v) is 5.33. The van der Waals surface area contributed by atoms with Crippen LogP contribution >= 0.6 is 0 Å². The molecule has 0 saturated heterocycles. The van der Waals surface area contributed by atoms with Gasteiger partial charge in [0.1, 0.15) is 0 Å². The summed E-state index contributed by atoms with van der Waals surface area (Å²) < 4.78 is 0. The lowest BCUT2D eigenvalue weighted by Gasteiger charge is -2.44. The molecule has 1 aliphatic rings. The molecular formula is C23H46. The van der Waals surface area contributed by atoms with Crippen LogP contribution in [0.5, 0.6) is 0 Å². The van der Waals surface area contributed by atoms with E-state index >= 15 is 0 Å². The third-order valence-corrected chi connectivity index (χ3v) is 6.72. The molecule has 3 unspecified atom stereocenters. The Kier molecular flexibility index (Phi) is 10.6. The summed E-state index contributed by atoms with van der Waals surface area (Å²) in [5.41, 5.74) is 0.695. The van der Waals surface area contributed by atoms with Crippen molar-refractivity contribution in [2.24, 2.45) is 23.2 Å². The van der Waals surface area contributed by atoms with Crippen LogP contribution in [0.25, 0.3) is 0 Å². The van der Waals surface area contributed by atoms with Gasteiger partial charge in [-0.3, -0.25) is 0 Å². The maximum atomic E-state index is 2.52. The molecule has 0 spiro atoms. The Hall–Kier alpha value is 0. The number of unbranched alkanes of at least 4 members (excludes halogenated alkanes) is 2. The van der Waals surface area contributed by atoms with Gasteiger partial charge in [0.05, 0.1) is 0 Å². The van der Waals surface area contributed by atoms with Gasteiger partial charge in [0, 0.05) is 0 Å². The molecule has 0 aromatic rings. The van der Waals surface area contributed by atoms with Crippen LogP contribution in [-0.2, 0) is 0 Å². The molecule has 0 heterocycles. The minimum atomic E-state index is 0.695. The SMILES string of the molecule is CCCCC(CC)CC1(CC(CC)CCCC)CCCC(C)C1. The summed E-state index contributed by atoms with van der Waals surface area (Å²) in [5.74, 6) is 2.95. The van der Waals surface area contributed by atoms with Gasteiger partial charge in [-0.25, -0.2) is 0 Å². The van der Waals surface area contributed by atoms with Crippen LogP contribution in [0.2, 0.25) is 0 Å². The van der Waals surface area contributed by atoms with Crippen molar-refractivity contribution in [3.05, 3.63) is 0 Å². The molecule has 0 aromatic heterocycles. The molecule has 0 N–H and O–H groups in total. The largest absolute Gasteiger partial charge is 0.0654 e. The minimum Gasteiger partial charge on any atom is -0.0654 e. The summed E-state index contributed by atoms with van der Waals surface area (Å²) in [5, 5.41) is 0. The Labute approximate surface area is 148 Å². The van der Waals surface area contributed by atoms with Crippen molar-refractivity contribution in [3.63, 3.8) is 0 Å². The first-order chi connectivity index (χ1) is 11.1. The van der Waals surface area contributed by atoms with Crippen molar-refractivity contribution in [1.82, 2.24) is 0 Å². The standard InChI is InChI=1S/C23H46/c1-6-10-14-21(8-3)18-23(16-12-13-20(5)17-23)19-22(9-4)15-11-7-2/h20-22H,6-19H2,1-5H3. The second kappa shape index (κ2) is 11.5. The molecule has 3 atom stereocenters. The van der Waals surface area contributed by atoms with Crippen molar-refractivity contribution < 1.29 is 0 Å². The predicted octanol–water partition coefficient (Wildman–Crippen LogP) is 8.40. The molecule has 23 heavy (non-hydrogen) atoms. The zero-order chi connectivity index (χ0) is 17.1. The van der Waals surface area contributed by atoms with Crippen LogP contribution in [0.3, 0.4) is 0 Å². The van der Waals surface area contributed by atoms with Crippen LogP contribution in [-0.4, -0.2) is 0 Å². The maximum absolute atomic E-state index is 2.52. The Bertz CT molecular complexity index is 262. The predicted molar refractivity (Wildman–Crippen MR) is 106 cm³/mol. The number of rotatable bonds is 12. The molecule has 138 valence electrons. The molecule has 0 nitrogen and oxygen atoms in total. The van der Waals surface area contributed by atoms with E-state index in [1.807, 2.05) is 0 Å². The molecule has 1 saturated carbocycles. The van der Waals surface area contributed by atoms with Gasteiger partial charge in [-0.15, -0.1) is 0 Å². The summed E-state index contributed by atoms with van der Waals surface area (Å²) in [6, 6.07) is 0. The van der Waals surface area contributed by atoms with E-state index in [9.17, 15) is 0 Å². The summed E-state index contributed by atoms with van der Waals surface area (Å²) >= 11 is 0. The first-order valence-corrected chi connectivity index (χ1v) is 11.1. The highest BCUT2D eigenvalue weighted by atomic mass is 14.4. The highest BCUT2D eigenvalue weighted by Gasteiger charge is 2.37. The second-order valence-corrected chi connectivity index (χ2v) is 8.94. The Morgan fingerprint density at radius 2 is 1.39 bits per heavy atom. The van der Waals surface area contributed by atoms with E-state index in [0.717, 1.165) is 17.8 Å². The highest BCUT2D eigenvalue weighted by Crippen LogP contribution is 2.50. The normalized spacial score (nSPS) is 27.8. The van der Waals surface area contributed by atoms with E-state index in [4.69, 9.17) is 0 Å². The Morgan fingerprint density at radius 3 is 1.78 bits per heavy atom. The molecule has 1 fully saturated rings. The second-order valence-electron chi connectivity index (χ2n) is 8.94. The quantitative estimate of drug-likeness (QED) is 0.338. The lowest BCUT2D eigenvalue weighted by Crippen LogP contribution is -2.32. The van der Waals surface area contributed by atoms with Crippen LogP contribution < -0.4 is 0 Å². The van der Waals surface area contributed by atoms with Crippen LogP contribution in [0.1, 0.15) is 125 Å². The summed E-state index contributed by atoms with van der Waals surface area (Å²) in [6.07, 6.45) is 20.5. The lowest BCUT2D eigenvalue weighted by atomic mass is 9.61. The Balaban J connectivity index is 2.75. The van der Waals surface area contributed by atoms with Crippen molar-refractivity contribution in [3.8, 4) is 0 Å². The molecule has 0 amide bonds. The fourth-order valence-electron chi connectivity index (χ4n) is 5.33. The van der Waals surface area contributed by atoms with E-state index in [0.29, 0.717) is 5.41 Å². The van der Waals surface area contributed by atoms with Gasteiger partial charge in [-0.1, -0.05) is 98.8 Å². The summed E-state index contributed by atoms with van der Waals surface area (Å²) in [7, 11) is 0. The Morgan fingerprint density at radius 1 is 0.870 bits per heavy atom. The van der Waals surface area contributed by atoms with Crippen molar-refractivity contribution in [1.29, 1.82) is 0 Å². The third kappa shape index (κ3) is 7.61. The molecule has 0 bridgehead atoms. The minimum absolute atomic E-state index is 0.695. The molecule has 0 heteroatoms. The van der Waals surface area contributed by atoms with E-state index in [-0.39, 0.29) is 0 Å². The van der Waals surface area contributed by atoms with E-state index in [2.05, 4.69) is 34.6 Å².